The predicted molar refractivity (Wildman–Crippen MR) is 42.8 cm³/mol. The zero-order valence-electron chi connectivity index (χ0n) is 7.11. The van der Waals surface area contributed by atoms with Gasteiger partial charge in [0.05, 0.1) is 0 Å². The van der Waals surface area contributed by atoms with Crippen molar-refractivity contribution in [1.29, 1.82) is 0 Å². The first-order chi connectivity index (χ1) is 5.38. The Bertz CT molecular complexity index is 253. The molecule has 1 aromatic carbocycles. The van der Waals surface area contributed by atoms with Crippen molar-refractivity contribution in [2.75, 3.05) is 6.61 Å². The molecule has 0 spiro atoms. The van der Waals surface area contributed by atoms with E-state index in [9.17, 15) is 0 Å². The van der Waals surface area contributed by atoms with E-state index in [4.69, 9.17) is 4.74 Å². The second-order valence-corrected chi connectivity index (χ2v) is 2.57. The molecule has 4 heteroatoms. The molecule has 1 aromatic rings. The summed E-state index contributed by atoms with van der Waals surface area (Å²) < 4.78 is 7.36. The van der Waals surface area contributed by atoms with Crippen molar-refractivity contribution in [3.8, 4) is 5.75 Å². The molecule has 0 unspecified atom stereocenters. The standard InChI is InChI=1S/C9H10O.2ClH.Ru/c1-3-10-9-7-5-4-6-8(9)2;;;/h2,4-7H,3H2,1H3;2*1H;/q;;;+2/p-2. The first kappa shape index (κ1) is 15.6. The van der Waals surface area contributed by atoms with Gasteiger partial charge in [-0.3, -0.25) is 0 Å². The molecule has 0 aliphatic carbocycles. The zero-order chi connectivity index (χ0) is 8.10. The number of para-hydroxylation sites is 1. The van der Waals surface area contributed by atoms with Crippen LogP contribution in [0.4, 0.5) is 0 Å². The van der Waals surface area contributed by atoms with Gasteiger partial charge in [-0.15, -0.1) is 0 Å². The van der Waals surface area contributed by atoms with Crippen LogP contribution in [0.1, 0.15) is 12.5 Å². The molecule has 13 heavy (non-hydrogen) atoms. The van der Waals surface area contributed by atoms with Gasteiger partial charge in [0, 0.05) is 0 Å². The predicted octanol–water partition coefficient (Wildman–Crippen LogP) is -4.21. The summed E-state index contributed by atoms with van der Waals surface area (Å²) >= 11 is 2.48. The maximum absolute atomic E-state index is 5.39. The van der Waals surface area contributed by atoms with Crippen LogP contribution < -0.4 is 29.6 Å². The van der Waals surface area contributed by atoms with E-state index in [0.29, 0.717) is 0 Å². The normalized spacial score (nSPS) is 7.77. The van der Waals surface area contributed by atoms with Crippen molar-refractivity contribution >= 4 is 4.61 Å². The Hall–Kier alpha value is 0.0934. The molecule has 1 nitrogen and oxygen atoms in total. The van der Waals surface area contributed by atoms with Crippen molar-refractivity contribution in [3.63, 3.8) is 0 Å². The van der Waals surface area contributed by atoms with Gasteiger partial charge in [-0.1, -0.05) is 0 Å². The van der Waals surface area contributed by atoms with Crippen LogP contribution in [0.3, 0.4) is 0 Å². The van der Waals surface area contributed by atoms with E-state index < -0.39 is 0 Å². The quantitative estimate of drug-likeness (QED) is 0.515. The fraction of sp³-hybridized carbons (Fsp3) is 0.222. The van der Waals surface area contributed by atoms with Gasteiger partial charge in [0.2, 0.25) is 0 Å². The summed E-state index contributed by atoms with van der Waals surface area (Å²) in [7, 11) is 0. The number of halogens is 2. The van der Waals surface area contributed by atoms with E-state index in [1.54, 1.807) is 0 Å². The monoisotopic (exact) mass is 306 g/mol. The van der Waals surface area contributed by atoms with Gasteiger partial charge in [-0.25, -0.2) is 0 Å². The van der Waals surface area contributed by atoms with Crippen LogP contribution >= 0.6 is 0 Å². The Balaban J connectivity index is 0. The fourth-order valence-electron chi connectivity index (χ4n) is 0.852. The van der Waals surface area contributed by atoms with Gasteiger partial charge in [-0.2, -0.15) is 0 Å². The summed E-state index contributed by atoms with van der Waals surface area (Å²) in [5.74, 6) is 0.952. The third-order valence-electron chi connectivity index (χ3n) is 1.33. The van der Waals surface area contributed by atoms with Crippen LogP contribution in [0.15, 0.2) is 24.3 Å². The summed E-state index contributed by atoms with van der Waals surface area (Å²) in [4.78, 5) is 0. The van der Waals surface area contributed by atoms with E-state index in [2.05, 4.69) is 17.9 Å². The van der Waals surface area contributed by atoms with Crippen LogP contribution in [0.5, 0.6) is 5.75 Å². The van der Waals surface area contributed by atoms with Crippen molar-refractivity contribution < 1.29 is 47.4 Å². The Morgan fingerprint density at radius 3 is 2.46 bits per heavy atom. The third kappa shape index (κ3) is 4.76. The van der Waals surface area contributed by atoms with E-state index in [-0.39, 0.29) is 24.8 Å². The summed E-state index contributed by atoms with van der Waals surface area (Å²) in [5, 5.41) is 0. The summed E-state index contributed by atoms with van der Waals surface area (Å²) in [5.41, 5.74) is 1.13. The second-order valence-electron chi connectivity index (χ2n) is 2.07. The van der Waals surface area contributed by atoms with Crippen LogP contribution in [0, 0.1) is 0 Å². The van der Waals surface area contributed by atoms with Crippen LogP contribution in [-0.2, 0) is 17.9 Å². The number of hydrogen-bond acceptors (Lipinski definition) is 1. The summed E-state index contributed by atoms with van der Waals surface area (Å²) in [6.07, 6.45) is 0. The van der Waals surface area contributed by atoms with Crippen LogP contribution in [0.25, 0.3) is 0 Å². The molecule has 0 amide bonds. The molecule has 0 fully saturated rings. The molecule has 0 saturated heterocycles. The van der Waals surface area contributed by atoms with Crippen molar-refractivity contribution in [3.05, 3.63) is 29.8 Å². The average Bonchev–Trinajstić information content (AvgIpc) is 2.06. The van der Waals surface area contributed by atoms with E-state index >= 15 is 0 Å². The van der Waals surface area contributed by atoms with Crippen molar-refractivity contribution in [1.82, 2.24) is 0 Å². The van der Waals surface area contributed by atoms with Gasteiger partial charge in [-0.05, 0) is 0 Å². The molecular formula is C9H10Cl2ORu. The Labute approximate surface area is 101 Å². The largest absolute Gasteiger partial charge is 1.00 e. The van der Waals surface area contributed by atoms with Gasteiger partial charge < -0.3 is 24.8 Å². The SMILES string of the molecule is CCOc1ccccc1[CH]=[Ru+2].[Cl-].[Cl-]. The minimum Gasteiger partial charge on any atom is -1.00 e. The Kier molecular flexibility index (Phi) is 10.4. The average molecular weight is 306 g/mol. The van der Waals surface area contributed by atoms with E-state index in [1.165, 1.54) is 0 Å². The minimum atomic E-state index is 0. The first-order valence-electron chi connectivity index (χ1n) is 3.52. The van der Waals surface area contributed by atoms with Gasteiger partial charge >= 0.3 is 76.3 Å². The number of rotatable bonds is 3. The molecular weight excluding hydrogens is 296 g/mol. The first-order valence-corrected chi connectivity index (χ1v) is 4.52. The van der Waals surface area contributed by atoms with E-state index in [0.717, 1.165) is 17.9 Å². The molecule has 0 aliphatic heterocycles. The fourth-order valence-corrected chi connectivity index (χ4v) is 1.27. The van der Waals surface area contributed by atoms with Gasteiger partial charge in [0.25, 0.3) is 0 Å². The summed E-state index contributed by atoms with van der Waals surface area (Å²) in [6.45, 7) is 2.71. The molecule has 0 saturated carbocycles. The molecule has 1 rings (SSSR count). The minimum absolute atomic E-state index is 0. The van der Waals surface area contributed by atoms with Gasteiger partial charge in [0.1, 0.15) is 0 Å². The Morgan fingerprint density at radius 1 is 1.31 bits per heavy atom. The molecule has 0 atom stereocenters. The summed E-state index contributed by atoms with van der Waals surface area (Å²) in [6, 6.07) is 7.98. The molecule has 74 valence electrons. The molecule has 0 N–H and O–H groups in total. The third-order valence-corrected chi connectivity index (χ3v) is 1.87. The van der Waals surface area contributed by atoms with Crippen molar-refractivity contribution in [2.45, 2.75) is 6.92 Å². The van der Waals surface area contributed by atoms with Gasteiger partial charge in [0.15, 0.2) is 0 Å². The molecule has 0 radical (unpaired) electrons. The number of benzene rings is 1. The maximum atomic E-state index is 5.39. The molecule has 0 bridgehead atoms. The smallest absolute Gasteiger partial charge is 1.00 e. The Morgan fingerprint density at radius 2 is 1.92 bits per heavy atom. The zero-order valence-corrected chi connectivity index (χ0v) is 10.4. The van der Waals surface area contributed by atoms with E-state index in [1.807, 2.05) is 35.8 Å². The molecule has 0 heterocycles. The second kappa shape index (κ2) is 8.68. The van der Waals surface area contributed by atoms with Crippen molar-refractivity contribution in [2.24, 2.45) is 0 Å². The molecule has 0 aliphatic rings. The number of ether oxygens (including phenoxy) is 1. The number of hydrogen-bond donors (Lipinski definition) is 0. The van der Waals surface area contributed by atoms with Crippen LogP contribution in [-0.4, -0.2) is 11.2 Å². The maximum Gasteiger partial charge on any atom is -1.00 e. The molecule has 0 aromatic heterocycles. The van der Waals surface area contributed by atoms with Crippen LogP contribution in [0.2, 0.25) is 0 Å². The topological polar surface area (TPSA) is 9.23 Å².